The number of rotatable bonds is 3. The first-order chi connectivity index (χ1) is 11.1. The van der Waals surface area contributed by atoms with Crippen LogP contribution in [0.15, 0.2) is 6.07 Å². The zero-order valence-corrected chi connectivity index (χ0v) is 15.8. The predicted molar refractivity (Wildman–Crippen MR) is 95.3 cm³/mol. The highest BCUT2D eigenvalue weighted by Crippen LogP contribution is 2.21. The summed E-state index contributed by atoms with van der Waals surface area (Å²) in [5.74, 6) is 1.16. The largest absolute Gasteiger partial charge is 0.444 e. The van der Waals surface area contributed by atoms with E-state index in [-0.39, 0.29) is 6.09 Å². The van der Waals surface area contributed by atoms with Gasteiger partial charge >= 0.3 is 6.09 Å². The van der Waals surface area contributed by atoms with Gasteiger partial charge in [0.25, 0.3) is 0 Å². The number of amides is 1. The molecule has 0 aliphatic carbocycles. The maximum absolute atomic E-state index is 12.3. The fourth-order valence-corrected chi connectivity index (χ4v) is 3.05. The van der Waals surface area contributed by atoms with Crippen LogP contribution in [-0.4, -0.2) is 53.2 Å². The van der Waals surface area contributed by atoms with Crippen molar-refractivity contribution in [2.24, 2.45) is 5.92 Å². The number of hydrogen-bond acceptors (Lipinski definition) is 5. The molecule has 6 heteroatoms. The van der Waals surface area contributed by atoms with Gasteiger partial charge in [0, 0.05) is 38.1 Å². The van der Waals surface area contributed by atoms with Crippen LogP contribution in [0.25, 0.3) is 0 Å². The van der Waals surface area contributed by atoms with E-state index >= 15 is 0 Å². The normalized spacial score (nSPS) is 18.4. The average molecular weight is 334 g/mol. The zero-order chi connectivity index (χ0) is 17.9. The zero-order valence-electron chi connectivity index (χ0n) is 15.8. The van der Waals surface area contributed by atoms with Crippen LogP contribution in [0.4, 0.5) is 10.7 Å². The number of hydrogen-bond donors (Lipinski definition) is 0. The van der Waals surface area contributed by atoms with E-state index in [0.29, 0.717) is 5.92 Å². The molecule has 1 saturated heterocycles. The summed E-state index contributed by atoms with van der Waals surface area (Å²) in [5, 5.41) is 0. The van der Waals surface area contributed by atoms with Crippen LogP contribution in [0.2, 0.25) is 0 Å². The lowest BCUT2D eigenvalue weighted by atomic mass is 9.98. The summed E-state index contributed by atoms with van der Waals surface area (Å²) in [4.78, 5) is 25.2. The Balaban J connectivity index is 1.96. The van der Waals surface area contributed by atoms with Gasteiger partial charge in [0.1, 0.15) is 5.60 Å². The quantitative estimate of drug-likeness (QED) is 0.850. The molecule has 1 aromatic rings. The van der Waals surface area contributed by atoms with Crippen LogP contribution in [0.3, 0.4) is 0 Å². The van der Waals surface area contributed by atoms with Crippen molar-refractivity contribution in [2.45, 2.75) is 53.1 Å². The Hall–Kier alpha value is -1.85. The Kier molecular flexibility index (Phi) is 5.67. The van der Waals surface area contributed by atoms with Crippen molar-refractivity contribution < 1.29 is 9.53 Å². The lowest BCUT2D eigenvalue weighted by molar-refractivity contribution is 0.0170. The second-order valence-corrected chi connectivity index (χ2v) is 7.77. The Labute approximate surface area is 145 Å². The Bertz CT molecular complexity index is 563. The van der Waals surface area contributed by atoms with E-state index in [0.717, 1.165) is 49.8 Å². The summed E-state index contributed by atoms with van der Waals surface area (Å²) in [6.07, 6.45) is 1.90. The molecule has 134 valence electrons. The second kappa shape index (κ2) is 7.36. The van der Waals surface area contributed by atoms with Gasteiger partial charge < -0.3 is 14.5 Å². The molecule has 0 radical (unpaired) electrons. The number of piperidine rings is 1. The van der Waals surface area contributed by atoms with Gasteiger partial charge in [-0.3, -0.25) is 0 Å². The number of carbonyl (C=O) groups excluding carboxylic acids is 1. The minimum absolute atomic E-state index is 0.211. The van der Waals surface area contributed by atoms with Gasteiger partial charge in [0.2, 0.25) is 5.95 Å². The highest BCUT2D eigenvalue weighted by Gasteiger charge is 2.28. The molecular weight excluding hydrogens is 304 g/mol. The number of carbonyl (C=O) groups is 1. The first kappa shape index (κ1) is 18.5. The van der Waals surface area contributed by atoms with Gasteiger partial charge in [-0.15, -0.1) is 0 Å². The lowest BCUT2D eigenvalue weighted by Crippen LogP contribution is -2.45. The summed E-state index contributed by atoms with van der Waals surface area (Å²) in [5.41, 5.74) is 1.50. The first-order valence-electron chi connectivity index (χ1n) is 8.65. The van der Waals surface area contributed by atoms with E-state index in [1.165, 1.54) is 0 Å². The predicted octanol–water partition coefficient (Wildman–Crippen LogP) is 3.18. The third-order valence-electron chi connectivity index (χ3n) is 4.01. The highest BCUT2D eigenvalue weighted by atomic mass is 16.6. The van der Waals surface area contributed by atoms with Crippen molar-refractivity contribution in [3.8, 4) is 0 Å². The molecule has 24 heavy (non-hydrogen) atoms. The van der Waals surface area contributed by atoms with Gasteiger partial charge in [-0.05, 0) is 59.4 Å². The summed E-state index contributed by atoms with van der Waals surface area (Å²) >= 11 is 0. The van der Waals surface area contributed by atoms with Crippen molar-refractivity contribution in [3.63, 3.8) is 0 Å². The molecule has 1 atom stereocenters. The fourth-order valence-electron chi connectivity index (χ4n) is 3.05. The first-order valence-corrected chi connectivity index (χ1v) is 8.65. The molecule has 1 aliphatic rings. The van der Waals surface area contributed by atoms with Crippen LogP contribution in [0.5, 0.6) is 0 Å². The molecule has 0 saturated carbocycles. The van der Waals surface area contributed by atoms with Gasteiger partial charge in [-0.25, -0.2) is 14.8 Å². The molecular formula is C18H30N4O2. The summed E-state index contributed by atoms with van der Waals surface area (Å²) in [6, 6.07) is 1.97. The van der Waals surface area contributed by atoms with Gasteiger partial charge in [0.15, 0.2) is 0 Å². The summed E-state index contributed by atoms with van der Waals surface area (Å²) in [6.45, 7) is 12.0. The molecule has 2 rings (SSSR count). The molecule has 6 nitrogen and oxygen atoms in total. The van der Waals surface area contributed by atoms with E-state index in [2.05, 4.69) is 14.9 Å². The highest BCUT2D eigenvalue weighted by molar-refractivity contribution is 5.68. The Morgan fingerprint density at radius 1 is 1.33 bits per heavy atom. The molecule has 1 amide bonds. The maximum Gasteiger partial charge on any atom is 0.410 e. The minimum Gasteiger partial charge on any atom is -0.444 e. The van der Waals surface area contributed by atoms with Crippen LogP contribution >= 0.6 is 0 Å². The molecule has 1 aliphatic heterocycles. The second-order valence-electron chi connectivity index (χ2n) is 7.77. The molecule has 0 bridgehead atoms. The average Bonchev–Trinajstić information content (AvgIpc) is 2.44. The Morgan fingerprint density at radius 3 is 2.54 bits per heavy atom. The van der Waals surface area contributed by atoms with Gasteiger partial charge in [0.05, 0.1) is 0 Å². The van der Waals surface area contributed by atoms with E-state index in [1.54, 1.807) is 0 Å². The van der Waals surface area contributed by atoms with Gasteiger partial charge in [-0.2, -0.15) is 0 Å². The molecule has 0 unspecified atom stereocenters. The number of anilines is 1. The van der Waals surface area contributed by atoms with Gasteiger partial charge in [-0.1, -0.05) is 0 Å². The number of ether oxygens (including phenoxy) is 1. The standard InChI is InChI=1S/C18H30N4O2/c1-13-10-14(2)20-16(19-13)21(6)11-15-8-7-9-22(12-15)17(23)24-18(3,4)5/h10,15H,7-9,11-12H2,1-6H3/t15-/m1/s1. The third-order valence-corrected chi connectivity index (χ3v) is 4.01. The van der Waals surface area contributed by atoms with Crippen molar-refractivity contribution in [2.75, 3.05) is 31.6 Å². The van der Waals surface area contributed by atoms with Crippen molar-refractivity contribution >= 4 is 12.0 Å². The van der Waals surface area contributed by atoms with E-state index in [9.17, 15) is 4.79 Å². The van der Waals surface area contributed by atoms with Crippen LogP contribution in [0.1, 0.15) is 45.0 Å². The van der Waals surface area contributed by atoms with Crippen LogP contribution in [0, 0.1) is 19.8 Å². The van der Waals surface area contributed by atoms with Crippen molar-refractivity contribution in [3.05, 3.63) is 17.5 Å². The van der Waals surface area contributed by atoms with Crippen LogP contribution in [-0.2, 0) is 4.74 Å². The molecule has 2 heterocycles. The SMILES string of the molecule is Cc1cc(C)nc(N(C)C[C@H]2CCCN(C(=O)OC(C)(C)C)C2)n1. The van der Waals surface area contributed by atoms with E-state index < -0.39 is 5.60 Å². The lowest BCUT2D eigenvalue weighted by Gasteiger charge is -2.35. The van der Waals surface area contributed by atoms with Crippen molar-refractivity contribution in [1.82, 2.24) is 14.9 Å². The van der Waals surface area contributed by atoms with Crippen LogP contribution < -0.4 is 4.90 Å². The summed E-state index contributed by atoms with van der Waals surface area (Å²) < 4.78 is 5.50. The summed E-state index contributed by atoms with van der Waals surface area (Å²) in [7, 11) is 2.01. The maximum atomic E-state index is 12.3. The number of nitrogens with zero attached hydrogens (tertiary/aromatic N) is 4. The fraction of sp³-hybridized carbons (Fsp3) is 0.722. The van der Waals surface area contributed by atoms with Crippen molar-refractivity contribution in [1.29, 1.82) is 0 Å². The van der Waals surface area contributed by atoms with E-state index in [1.807, 2.05) is 52.6 Å². The molecule has 0 aromatic carbocycles. The Morgan fingerprint density at radius 2 is 1.96 bits per heavy atom. The molecule has 0 spiro atoms. The minimum atomic E-state index is -0.451. The smallest absolute Gasteiger partial charge is 0.410 e. The molecule has 1 fully saturated rings. The number of aryl methyl sites for hydroxylation is 2. The third kappa shape index (κ3) is 5.35. The molecule has 1 aromatic heterocycles. The molecule has 0 N–H and O–H groups in total. The number of aromatic nitrogens is 2. The number of likely N-dealkylation sites (tertiary alicyclic amines) is 1. The van der Waals surface area contributed by atoms with E-state index in [4.69, 9.17) is 4.74 Å². The monoisotopic (exact) mass is 334 g/mol. The topological polar surface area (TPSA) is 58.6 Å².